The zero-order valence-electron chi connectivity index (χ0n) is 13.2. The third kappa shape index (κ3) is 4.02. The van der Waals surface area contributed by atoms with Crippen molar-refractivity contribution >= 4 is 5.91 Å². The number of amides is 1. The van der Waals surface area contributed by atoms with Gasteiger partial charge in [-0.3, -0.25) is 4.79 Å². The van der Waals surface area contributed by atoms with Crippen molar-refractivity contribution in [2.75, 3.05) is 13.1 Å². The first-order chi connectivity index (χ1) is 11.2. The molecule has 1 aromatic heterocycles. The molecule has 0 aliphatic carbocycles. The van der Waals surface area contributed by atoms with E-state index in [9.17, 15) is 9.90 Å². The smallest absolute Gasteiger partial charge is 0.223 e. The van der Waals surface area contributed by atoms with Gasteiger partial charge in [-0.2, -0.15) is 0 Å². The van der Waals surface area contributed by atoms with Crippen LogP contribution < -0.4 is 0 Å². The van der Waals surface area contributed by atoms with E-state index in [1.54, 1.807) is 6.26 Å². The molecule has 2 aromatic rings. The standard InChI is InChI=1S/C19H23NO3/c21-18(9-8-17-7-4-14-23-17)20-12-10-16(11-13-20)19(22)15-5-2-1-3-6-15/h1-7,14,16,19,22H,8-13H2/t19-/m1/s1. The topological polar surface area (TPSA) is 53.7 Å². The number of rotatable bonds is 5. The first kappa shape index (κ1) is 15.8. The van der Waals surface area contributed by atoms with Gasteiger partial charge in [0.05, 0.1) is 12.4 Å². The Labute approximate surface area is 136 Å². The van der Waals surface area contributed by atoms with Crippen LogP contribution in [0.15, 0.2) is 53.1 Å². The number of carbonyl (C=O) groups is 1. The van der Waals surface area contributed by atoms with E-state index >= 15 is 0 Å². The van der Waals surface area contributed by atoms with E-state index < -0.39 is 6.10 Å². The number of aryl methyl sites for hydroxylation is 1. The van der Waals surface area contributed by atoms with Gasteiger partial charge < -0.3 is 14.4 Å². The quantitative estimate of drug-likeness (QED) is 0.922. The Kier molecular flexibility index (Phi) is 5.13. The minimum Gasteiger partial charge on any atom is -0.469 e. The summed E-state index contributed by atoms with van der Waals surface area (Å²) in [6.07, 6.45) is 4.04. The van der Waals surface area contributed by atoms with Crippen LogP contribution in [0.5, 0.6) is 0 Å². The molecule has 1 atom stereocenters. The first-order valence-corrected chi connectivity index (χ1v) is 8.27. The van der Waals surface area contributed by atoms with Crippen LogP contribution in [0, 0.1) is 5.92 Å². The normalized spacial score (nSPS) is 17.2. The van der Waals surface area contributed by atoms with Crippen LogP contribution in [0.4, 0.5) is 0 Å². The zero-order valence-corrected chi connectivity index (χ0v) is 13.2. The average molecular weight is 313 g/mol. The first-order valence-electron chi connectivity index (χ1n) is 8.27. The predicted molar refractivity (Wildman–Crippen MR) is 87.7 cm³/mol. The summed E-state index contributed by atoms with van der Waals surface area (Å²) < 4.78 is 5.26. The Hall–Kier alpha value is -2.07. The van der Waals surface area contributed by atoms with Crippen molar-refractivity contribution in [2.45, 2.75) is 31.8 Å². The fourth-order valence-electron chi connectivity index (χ4n) is 3.23. The van der Waals surface area contributed by atoms with E-state index in [-0.39, 0.29) is 11.8 Å². The molecule has 1 aliphatic rings. The highest BCUT2D eigenvalue weighted by atomic mass is 16.3. The number of aliphatic hydroxyl groups excluding tert-OH is 1. The summed E-state index contributed by atoms with van der Waals surface area (Å²) in [6, 6.07) is 13.5. The SMILES string of the molecule is O=C(CCc1ccco1)N1CCC([C@H](O)c2ccccc2)CC1. The van der Waals surface area contributed by atoms with Gasteiger partial charge in [0.1, 0.15) is 5.76 Å². The minimum absolute atomic E-state index is 0.175. The molecule has 2 heterocycles. The van der Waals surface area contributed by atoms with E-state index in [2.05, 4.69) is 0 Å². The van der Waals surface area contributed by atoms with E-state index in [1.807, 2.05) is 47.4 Å². The van der Waals surface area contributed by atoms with Crippen LogP contribution in [0.25, 0.3) is 0 Å². The second-order valence-corrected chi connectivity index (χ2v) is 6.15. The van der Waals surface area contributed by atoms with E-state index in [0.29, 0.717) is 12.8 Å². The lowest BCUT2D eigenvalue weighted by Crippen LogP contribution is -2.39. The van der Waals surface area contributed by atoms with Crippen LogP contribution in [0.1, 0.15) is 36.7 Å². The van der Waals surface area contributed by atoms with Gasteiger partial charge in [0.2, 0.25) is 5.91 Å². The fourth-order valence-corrected chi connectivity index (χ4v) is 3.23. The second-order valence-electron chi connectivity index (χ2n) is 6.15. The van der Waals surface area contributed by atoms with Gasteiger partial charge in [0.15, 0.2) is 0 Å². The van der Waals surface area contributed by atoms with Gasteiger partial charge in [-0.1, -0.05) is 30.3 Å². The van der Waals surface area contributed by atoms with Crippen molar-refractivity contribution in [2.24, 2.45) is 5.92 Å². The molecule has 1 saturated heterocycles. The van der Waals surface area contributed by atoms with Crippen LogP contribution in [0.3, 0.4) is 0 Å². The molecule has 122 valence electrons. The van der Waals surface area contributed by atoms with Crippen molar-refractivity contribution in [1.29, 1.82) is 0 Å². The number of hydrogen-bond donors (Lipinski definition) is 1. The number of benzene rings is 1. The maximum absolute atomic E-state index is 12.3. The van der Waals surface area contributed by atoms with Gasteiger partial charge in [0, 0.05) is 25.9 Å². The summed E-state index contributed by atoms with van der Waals surface area (Å²) in [5.74, 6) is 1.26. The predicted octanol–water partition coefficient (Wildman–Crippen LogP) is 3.18. The Bertz CT molecular complexity index is 601. The number of likely N-dealkylation sites (tertiary alicyclic amines) is 1. The monoisotopic (exact) mass is 313 g/mol. The minimum atomic E-state index is -0.434. The zero-order chi connectivity index (χ0) is 16.1. The van der Waals surface area contributed by atoms with Crippen molar-refractivity contribution in [3.8, 4) is 0 Å². The molecular weight excluding hydrogens is 290 g/mol. The van der Waals surface area contributed by atoms with Crippen LogP contribution in [-0.2, 0) is 11.2 Å². The van der Waals surface area contributed by atoms with Crippen LogP contribution in [-0.4, -0.2) is 29.0 Å². The molecule has 1 aromatic carbocycles. The lowest BCUT2D eigenvalue weighted by atomic mass is 9.87. The maximum atomic E-state index is 12.3. The lowest BCUT2D eigenvalue weighted by molar-refractivity contribution is -0.133. The highest BCUT2D eigenvalue weighted by Crippen LogP contribution is 2.30. The van der Waals surface area contributed by atoms with E-state index in [0.717, 1.165) is 37.3 Å². The summed E-state index contributed by atoms with van der Waals surface area (Å²) in [5.41, 5.74) is 0.968. The summed E-state index contributed by atoms with van der Waals surface area (Å²) in [6.45, 7) is 1.46. The fraction of sp³-hybridized carbons (Fsp3) is 0.421. The number of carbonyl (C=O) groups excluding carboxylic acids is 1. The largest absolute Gasteiger partial charge is 0.469 e. The second kappa shape index (κ2) is 7.47. The van der Waals surface area contributed by atoms with Gasteiger partial charge in [-0.05, 0) is 36.5 Å². The summed E-state index contributed by atoms with van der Waals surface area (Å²) in [7, 11) is 0. The third-order valence-electron chi connectivity index (χ3n) is 4.65. The van der Waals surface area contributed by atoms with Crippen molar-refractivity contribution in [3.05, 3.63) is 60.1 Å². The van der Waals surface area contributed by atoms with Crippen molar-refractivity contribution in [3.63, 3.8) is 0 Å². The molecule has 0 spiro atoms. The van der Waals surface area contributed by atoms with Crippen LogP contribution >= 0.6 is 0 Å². The highest BCUT2D eigenvalue weighted by molar-refractivity contribution is 5.76. The summed E-state index contributed by atoms with van der Waals surface area (Å²) >= 11 is 0. The molecule has 0 bridgehead atoms. The molecule has 0 unspecified atom stereocenters. The Balaban J connectivity index is 1.47. The molecular formula is C19H23NO3. The van der Waals surface area contributed by atoms with Crippen molar-refractivity contribution < 1.29 is 14.3 Å². The maximum Gasteiger partial charge on any atom is 0.223 e. The molecule has 23 heavy (non-hydrogen) atoms. The Morgan fingerprint density at radius 3 is 2.57 bits per heavy atom. The van der Waals surface area contributed by atoms with Gasteiger partial charge in [-0.15, -0.1) is 0 Å². The Morgan fingerprint density at radius 1 is 1.17 bits per heavy atom. The molecule has 3 rings (SSSR count). The summed E-state index contributed by atoms with van der Waals surface area (Å²) in [4.78, 5) is 14.2. The van der Waals surface area contributed by atoms with Crippen LogP contribution in [0.2, 0.25) is 0 Å². The lowest BCUT2D eigenvalue weighted by Gasteiger charge is -2.34. The molecule has 4 nitrogen and oxygen atoms in total. The molecule has 1 fully saturated rings. The Morgan fingerprint density at radius 2 is 1.91 bits per heavy atom. The summed E-state index contributed by atoms with van der Waals surface area (Å²) in [5, 5.41) is 10.5. The molecule has 0 saturated carbocycles. The van der Waals surface area contributed by atoms with E-state index in [1.165, 1.54) is 0 Å². The number of furan rings is 1. The molecule has 1 N–H and O–H groups in total. The molecule has 1 aliphatic heterocycles. The number of hydrogen-bond acceptors (Lipinski definition) is 3. The van der Waals surface area contributed by atoms with Gasteiger partial charge in [0.25, 0.3) is 0 Å². The van der Waals surface area contributed by atoms with E-state index in [4.69, 9.17) is 4.42 Å². The molecule has 4 heteroatoms. The third-order valence-corrected chi connectivity index (χ3v) is 4.65. The highest BCUT2D eigenvalue weighted by Gasteiger charge is 2.28. The van der Waals surface area contributed by atoms with Crippen molar-refractivity contribution in [1.82, 2.24) is 4.90 Å². The van der Waals surface area contributed by atoms with Gasteiger partial charge >= 0.3 is 0 Å². The molecule has 0 radical (unpaired) electrons. The molecule has 1 amide bonds. The average Bonchev–Trinajstić information content (AvgIpc) is 3.13. The number of nitrogens with zero attached hydrogens (tertiary/aromatic N) is 1. The van der Waals surface area contributed by atoms with Gasteiger partial charge in [-0.25, -0.2) is 0 Å². The number of aliphatic hydroxyl groups is 1. The number of piperidine rings is 1.